The Morgan fingerprint density at radius 2 is 1.78 bits per heavy atom. The maximum absolute atomic E-state index is 12.7. The molecule has 0 aliphatic carbocycles. The van der Waals surface area contributed by atoms with E-state index in [1.54, 1.807) is 12.1 Å². The summed E-state index contributed by atoms with van der Waals surface area (Å²) in [7, 11) is -3.88. The molecule has 0 aliphatic heterocycles. The van der Waals surface area contributed by atoms with Crippen molar-refractivity contribution in [1.29, 1.82) is 0 Å². The van der Waals surface area contributed by atoms with Gasteiger partial charge >= 0.3 is 0 Å². The number of aromatic hydroxyl groups is 1. The van der Waals surface area contributed by atoms with Gasteiger partial charge in [0.1, 0.15) is 11.8 Å². The molecule has 0 heterocycles. The monoisotopic (exact) mass is 410 g/mol. The lowest BCUT2D eigenvalue weighted by Gasteiger charge is -2.20. The van der Waals surface area contributed by atoms with Crippen LogP contribution in [0.15, 0.2) is 47.4 Å². The second-order valence-corrected chi connectivity index (χ2v) is 8.92. The van der Waals surface area contributed by atoms with E-state index in [0.29, 0.717) is 5.02 Å². The number of phenolic OH excluding ortho intramolecular Hbond substituents is 1. The van der Waals surface area contributed by atoms with E-state index >= 15 is 0 Å². The van der Waals surface area contributed by atoms with Crippen molar-refractivity contribution in [3.63, 3.8) is 0 Å². The Morgan fingerprint density at radius 1 is 1.15 bits per heavy atom. The highest BCUT2D eigenvalue weighted by molar-refractivity contribution is 7.89. The van der Waals surface area contributed by atoms with Crippen LogP contribution in [0.5, 0.6) is 5.75 Å². The van der Waals surface area contributed by atoms with Crippen LogP contribution in [0.2, 0.25) is 5.02 Å². The van der Waals surface area contributed by atoms with Crippen molar-refractivity contribution >= 4 is 33.2 Å². The molecule has 1 amide bonds. The van der Waals surface area contributed by atoms with Crippen molar-refractivity contribution in [1.82, 2.24) is 4.72 Å². The Balaban J connectivity index is 2.24. The number of sulfonamides is 1. The average molecular weight is 411 g/mol. The minimum atomic E-state index is -3.88. The Bertz CT molecular complexity index is 912. The van der Waals surface area contributed by atoms with E-state index in [2.05, 4.69) is 10.0 Å². The molecule has 0 bridgehead atoms. The maximum atomic E-state index is 12.7. The van der Waals surface area contributed by atoms with Gasteiger partial charge in [0.15, 0.2) is 0 Å². The van der Waals surface area contributed by atoms with Gasteiger partial charge < -0.3 is 10.4 Å². The van der Waals surface area contributed by atoms with Gasteiger partial charge in [0.25, 0.3) is 0 Å². The van der Waals surface area contributed by atoms with Gasteiger partial charge in [-0.15, -0.1) is 0 Å². The summed E-state index contributed by atoms with van der Waals surface area (Å²) in [6.07, 6.45) is 0.290. The first-order valence-corrected chi connectivity index (χ1v) is 10.3. The normalized spacial score (nSPS) is 12.8. The molecule has 0 saturated carbocycles. The molecule has 8 heteroatoms. The molecule has 146 valence electrons. The number of hydrogen-bond acceptors (Lipinski definition) is 4. The van der Waals surface area contributed by atoms with Gasteiger partial charge in [-0.2, -0.15) is 4.72 Å². The minimum Gasteiger partial charge on any atom is -0.506 e. The Morgan fingerprint density at radius 3 is 2.37 bits per heavy atom. The Hall–Kier alpha value is -2.09. The smallest absolute Gasteiger partial charge is 0.242 e. The van der Waals surface area contributed by atoms with Crippen LogP contribution in [-0.4, -0.2) is 25.5 Å². The van der Waals surface area contributed by atoms with E-state index in [1.165, 1.54) is 30.3 Å². The van der Waals surface area contributed by atoms with Gasteiger partial charge in [-0.1, -0.05) is 43.1 Å². The molecule has 2 aromatic rings. The third kappa shape index (κ3) is 5.95. The topological polar surface area (TPSA) is 95.5 Å². The van der Waals surface area contributed by atoms with Crippen LogP contribution in [0.3, 0.4) is 0 Å². The van der Waals surface area contributed by atoms with E-state index < -0.39 is 22.0 Å². The molecule has 0 radical (unpaired) electrons. The largest absolute Gasteiger partial charge is 0.506 e. The lowest BCUT2D eigenvalue weighted by molar-refractivity contribution is -0.118. The number of benzene rings is 2. The molecule has 0 spiro atoms. The van der Waals surface area contributed by atoms with Crippen molar-refractivity contribution < 1.29 is 18.3 Å². The first-order chi connectivity index (χ1) is 12.6. The molecule has 0 fully saturated rings. The summed E-state index contributed by atoms with van der Waals surface area (Å²) in [5, 5.41) is 12.7. The van der Waals surface area contributed by atoms with Gasteiger partial charge in [-0.25, -0.2) is 8.42 Å². The van der Waals surface area contributed by atoms with Crippen LogP contribution in [0.25, 0.3) is 0 Å². The number of phenols is 1. The number of aryl methyl sites for hydroxylation is 1. The van der Waals surface area contributed by atoms with Crippen LogP contribution in [0.4, 0.5) is 5.69 Å². The highest BCUT2D eigenvalue weighted by Crippen LogP contribution is 2.27. The molecule has 1 atom stereocenters. The summed E-state index contributed by atoms with van der Waals surface area (Å²) < 4.78 is 27.8. The number of nitrogens with one attached hydrogen (secondary N) is 2. The third-order valence-electron chi connectivity index (χ3n) is 3.87. The van der Waals surface area contributed by atoms with Gasteiger partial charge in [0.2, 0.25) is 15.9 Å². The fraction of sp³-hybridized carbons (Fsp3) is 0.316. The summed E-state index contributed by atoms with van der Waals surface area (Å²) in [6.45, 7) is 5.63. The van der Waals surface area contributed by atoms with Crippen LogP contribution in [-0.2, 0) is 14.8 Å². The summed E-state index contributed by atoms with van der Waals surface area (Å²) >= 11 is 5.89. The highest BCUT2D eigenvalue weighted by atomic mass is 35.5. The number of rotatable bonds is 7. The zero-order valence-electron chi connectivity index (χ0n) is 15.4. The van der Waals surface area contributed by atoms with Crippen molar-refractivity contribution in [2.24, 2.45) is 5.92 Å². The fourth-order valence-electron chi connectivity index (χ4n) is 2.48. The quantitative estimate of drug-likeness (QED) is 0.606. The molecule has 2 aromatic carbocycles. The number of halogens is 1. The standard InChI is InChI=1S/C19H23ClN2O4S/c1-12(2)10-17(19(24)21-16-11-14(20)6-9-18(16)23)22-27(25,26)15-7-4-13(3)5-8-15/h4-9,11-12,17,22-23H,10H2,1-3H3,(H,21,24). The predicted molar refractivity (Wildman–Crippen MR) is 106 cm³/mol. The zero-order valence-corrected chi connectivity index (χ0v) is 16.9. The maximum Gasteiger partial charge on any atom is 0.242 e. The van der Waals surface area contributed by atoms with Crippen LogP contribution in [0.1, 0.15) is 25.8 Å². The molecule has 6 nitrogen and oxygen atoms in total. The van der Waals surface area contributed by atoms with Gasteiger partial charge in [-0.05, 0) is 49.6 Å². The fourth-order valence-corrected chi connectivity index (χ4v) is 3.86. The highest BCUT2D eigenvalue weighted by Gasteiger charge is 2.27. The van der Waals surface area contributed by atoms with E-state index in [1.807, 2.05) is 20.8 Å². The lowest BCUT2D eigenvalue weighted by atomic mass is 10.0. The van der Waals surface area contributed by atoms with Crippen molar-refractivity contribution in [3.8, 4) is 5.75 Å². The summed E-state index contributed by atoms with van der Waals surface area (Å²) in [5.41, 5.74) is 1.05. The minimum absolute atomic E-state index is 0.0643. The molecule has 1 unspecified atom stereocenters. The molecule has 3 N–H and O–H groups in total. The first-order valence-electron chi connectivity index (χ1n) is 8.47. The van der Waals surface area contributed by atoms with Crippen molar-refractivity contribution in [2.75, 3.05) is 5.32 Å². The predicted octanol–water partition coefficient (Wildman–Crippen LogP) is 3.69. The molecule has 27 heavy (non-hydrogen) atoms. The lowest BCUT2D eigenvalue weighted by Crippen LogP contribution is -2.44. The third-order valence-corrected chi connectivity index (χ3v) is 5.59. The van der Waals surface area contributed by atoms with Gasteiger partial charge in [0, 0.05) is 5.02 Å². The number of anilines is 1. The van der Waals surface area contributed by atoms with Crippen LogP contribution in [0, 0.1) is 12.8 Å². The van der Waals surface area contributed by atoms with Gasteiger partial charge in [-0.3, -0.25) is 4.79 Å². The molecule has 0 saturated heterocycles. The van der Waals surface area contributed by atoms with E-state index in [9.17, 15) is 18.3 Å². The second-order valence-electron chi connectivity index (χ2n) is 6.77. The van der Waals surface area contributed by atoms with E-state index in [-0.39, 0.29) is 28.7 Å². The summed E-state index contributed by atoms with van der Waals surface area (Å²) in [4.78, 5) is 12.8. The zero-order chi connectivity index (χ0) is 20.2. The van der Waals surface area contributed by atoms with Crippen LogP contribution >= 0.6 is 11.6 Å². The first kappa shape index (κ1) is 21.2. The SMILES string of the molecule is Cc1ccc(S(=O)(=O)NC(CC(C)C)C(=O)Nc2cc(Cl)ccc2O)cc1. The van der Waals surface area contributed by atoms with Gasteiger partial charge in [0.05, 0.1) is 10.6 Å². The number of carbonyl (C=O) groups is 1. The van der Waals surface area contributed by atoms with E-state index in [0.717, 1.165) is 5.56 Å². The second kappa shape index (κ2) is 8.73. The molecular weight excluding hydrogens is 388 g/mol. The van der Waals surface area contributed by atoms with Crippen LogP contribution < -0.4 is 10.0 Å². The Labute approximate surface area is 164 Å². The summed E-state index contributed by atoms with van der Waals surface area (Å²) in [6, 6.07) is 9.59. The average Bonchev–Trinajstić information content (AvgIpc) is 2.57. The molecular formula is C19H23ClN2O4S. The van der Waals surface area contributed by atoms with Crippen molar-refractivity contribution in [3.05, 3.63) is 53.1 Å². The molecule has 0 aromatic heterocycles. The van der Waals surface area contributed by atoms with Crippen molar-refractivity contribution in [2.45, 2.75) is 38.1 Å². The molecule has 2 rings (SSSR count). The summed E-state index contributed by atoms with van der Waals surface area (Å²) in [5.74, 6) is -0.663. The number of hydrogen-bond donors (Lipinski definition) is 3. The van der Waals surface area contributed by atoms with E-state index in [4.69, 9.17) is 11.6 Å². The number of amides is 1. The number of carbonyl (C=O) groups excluding carboxylic acids is 1. The molecule has 0 aliphatic rings. The Kier molecular flexibility index (Phi) is 6.86.